The Balaban J connectivity index is 2.32. The van der Waals surface area contributed by atoms with E-state index in [1.165, 1.54) is 24.3 Å². The molecule has 0 aliphatic rings. The molecule has 7 nitrogen and oxygen atoms in total. The molecule has 1 aromatic carbocycles. The highest BCUT2D eigenvalue weighted by molar-refractivity contribution is 5.96. The number of nitrogens with two attached hydrogens (primary N) is 1. The molecule has 2 rings (SSSR count). The van der Waals surface area contributed by atoms with Gasteiger partial charge in [0.15, 0.2) is 0 Å². The third-order valence-corrected chi connectivity index (χ3v) is 2.64. The van der Waals surface area contributed by atoms with Crippen LogP contribution in [0.3, 0.4) is 0 Å². The van der Waals surface area contributed by atoms with E-state index in [1.54, 1.807) is 0 Å². The molecule has 1 atom stereocenters. The average Bonchev–Trinajstić information content (AvgIpc) is 2.43. The molecule has 0 radical (unpaired) electrons. The lowest BCUT2D eigenvalue weighted by Gasteiger charge is -2.06. The molecular weight excluding hydrogens is 264 g/mol. The lowest BCUT2D eigenvalue weighted by Crippen LogP contribution is -2.39. The number of aromatic hydroxyl groups is 1. The van der Waals surface area contributed by atoms with E-state index in [1.807, 2.05) is 0 Å². The van der Waals surface area contributed by atoms with Gasteiger partial charge >= 0.3 is 5.63 Å². The Morgan fingerprint density at radius 1 is 1.45 bits per heavy atom. The standard InChI is InChI=1S/C13H12N2O5/c14-8(6-16)5-15-12(18)10-3-7-1-2-9(17)4-11(7)20-13(10)19/h1-4,6,8,17H,5,14H2,(H,15,18)/t8-/m0/s1. The normalized spacial score (nSPS) is 12.1. The van der Waals surface area contributed by atoms with Gasteiger partial charge in [0.2, 0.25) is 0 Å². The van der Waals surface area contributed by atoms with E-state index in [4.69, 9.17) is 10.2 Å². The zero-order valence-corrected chi connectivity index (χ0v) is 10.3. The van der Waals surface area contributed by atoms with Crippen LogP contribution in [0.4, 0.5) is 0 Å². The topological polar surface area (TPSA) is 123 Å². The highest BCUT2D eigenvalue weighted by atomic mass is 16.4. The summed E-state index contributed by atoms with van der Waals surface area (Å²) in [7, 11) is 0. The number of hydrogen-bond acceptors (Lipinski definition) is 6. The quantitative estimate of drug-likeness (QED) is 0.523. The number of nitrogens with one attached hydrogen (secondary N) is 1. The largest absolute Gasteiger partial charge is 0.508 e. The van der Waals surface area contributed by atoms with Gasteiger partial charge in [-0.1, -0.05) is 0 Å². The van der Waals surface area contributed by atoms with Crippen LogP contribution in [-0.2, 0) is 4.79 Å². The molecule has 0 spiro atoms. The third kappa shape index (κ3) is 2.83. The smallest absolute Gasteiger partial charge is 0.349 e. The fraction of sp³-hybridized carbons (Fsp3) is 0.154. The zero-order chi connectivity index (χ0) is 14.7. The number of aldehydes is 1. The first kappa shape index (κ1) is 13.8. The Morgan fingerprint density at radius 3 is 2.90 bits per heavy atom. The van der Waals surface area contributed by atoms with Crippen molar-refractivity contribution in [3.05, 3.63) is 40.2 Å². The van der Waals surface area contributed by atoms with Gasteiger partial charge in [-0.15, -0.1) is 0 Å². The lowest BCUT2D eigenvalue weighted by atomic mass is 10.1. The highest BCUT2D eigenvalue weighted by Gasteiger charge is 2.14. The fourth-order valence-corrected chi connectivity index (χ4v) is 1.61. The molecule has 0 bridgehead atoms. The van der Waals surface area contributed by atoms with E-state index >= 15 is 0 Å². The minimum absolute atomic E-state index is 0.0465. The molecule has 0 aliphatic carbocycles. The summed E-state index contributed by atoms with van der Waals surface area (Å²) in [5.74, 6) is -0.721. The molecule has 1 aromatic heterocycles. The molecule has 0 aliphatic heterocycles. The minimum Gasteiger partial charge on any atom is -0.508 e. The Labute approximate surface area is 113 Å². The van der Waals surface area contributed by atoms with Crippen molar-refractivity contribution in [1.82, 2.24) is 5.32 Å². The Hall–Kier alpha value is -2.67. The second-order valence-electron chi connectivity index (χ2n) is 4.18. The summed E-state index contributed by atoms with van der Waals surface area (Å²) in [6.07, 6.45) is 0.492. The molecule has 4 N–H and O–H groups in total. The molecule has 0 fully saturated rings. The number of hydrogen-bond donors (Lipinski definition) is 3. The number of carbonyl (C=O) groups excluding carboxylic acids is 2. The van der Waals surface area contributed by atoms with E-state index in [9.17, 15) is 19.5 Å². The maximum absolute atomic E-state index is 11.8. The molecule has 7 heteroatoms. The van der Waals surface area contributed by atoms with Gasteiger partial charge in [-0.3, -0.25) is 4.79 Å². The van der Waals surface area contributed by atoms with Crippen molar-refractivity contribution >= 4 is 23.2 Å². The van der Waals surface area contributed by atoms with E-state index in [0.29, 0.717) is 11.7 Å². The summed E-state index contributed by atoms with van der Waals surface area (Å²) in [5, 5.41) is 12.1. The van der Waals surface area contributed by atoms with Crippen molar-refractivity contribution in [2.75, 3.05) is 6.54 Å². The number of rotatable bonds is 4. The van der Waals surface area contributed by atoms with Gasteiger partial charge in [0.1, 0.15) is 23.2 Å². The average molecular weight is 276 g/mol. The number of phenols is 1. The maximum atomic E-state index is 11.8. The SMILES string of the molecule is N[C@H](C=O)CNC(=O)c1cc2ccc(O)cc2oc1=O. The van der Waals surface area contributed by atoms with Gasteiger partial charge < -0.3 is 25.4 Å². The molecule has 1 amide bonds. The van der Waals surface area contributed by atoms with Gasteiger partial charge in [0, 0.05) is 18.0 Å². The molecule has 0 saturated carbocycles. The van der Waals surface area contributed by atoms with Gasteiger partial charge in [0.25, 0.3) is 5.91 Å². The first-order valence-corrected chi connectivity index (χ1v) is 5.77. The van der Waals surface area contributed by atoms with Gasteiger partial charge in [-0.25, -0.2) is 4.79 Å². The third-order valence-electron chi connectivity index (χ3n) is 2.64. The van der Waals surface area contributed by atoms with Crippen LogP contribution in [0.15, 0.2) is 33.5 Å². The number of fused-ring (bicyclic) bond motifs is 1. The highest BCUT2D eigenvalue weighted by Crippen LogP contribution is 2.19. The minimum atomic E-state index is -0.833. The second kappa shape index (κ2) is 5.54. The summed E-state index contributed by atoms with van der Waals surface area (Å²) in [4.78, 5) is 33.8. The van der Waals surface area contributed by atoms with Crippen LogP contribution in [0.1, 0.15) is 10.4 Å². The summed E-state index contributed by atoms with van der Waals surface area (Å²) in [5.41, 5.74) is 4.48. The number of carbonyl (C=O) groups is 2. The lowest BCUT2D eigenvalue weighted by molar-refractivity contribution is -0.108. The van der Waals surface area contributed by atoms with Gasteiger partial charge in [-0.2, -0.15) is 0 Å². The van der Waals surface area contributed by atoms with Crippen molar-refractivity contribution in [2.24, 2.45) is 5.73 Å². The predicted octanol–water partition coefficient (Wildman–Crippen LogP) is -0.245. The van der Waals surface area contributed by atoms with Crippen molar-refractivity contribution in [2.45, 2.75) is 6.04 Å². The first-order chi connectivity index (χ1) is 9.51. The molecule has 0 unspecified atom stereocenters. The van der Waals surface area contributed by atoms with Gasteiger partial charge in [-0.05, 0) is 18.2 Å². The van der Waals surface area contributed by atoms with Crippen LogP contribution >= 0.6 is 0 Å². The van der Waals surface area contributed by atoms with Crippen molar-refractivity contribution in [3.8, 4) is 5.75 Å². The van der Waals surface area contributed by atoms with Gasteiger partial charge in [0.05, 0.1) is 6.04 Å². The van der Waals surface area contributed by atoms with Crippen LogP contribution in [-0.4, -0.2) is 29.9 Å². The van der Waals surface area contributed by atoms with Crippen LogP contribution in [0.2, 0.25) is 0 Å². The van der Waals surface area contributed by atoms with Crippen molar-refractivity contribution < 1.29 is 19.1 Å². The molecule has 0 saturated heterocycles. The van der Waals surface area contributed by atoms with Crippen molar-refractivity contribution in [3.63, 3.8) is 0 Å². The van der Waals surface area contributed by atoms with E-state index in [-0.39, 0.29) is 23.4 Å². The number of benzene rings is 1. The van der Waals surface area contributed by atoms with Crippen LogP contribution in [0.5, 0.6) is 5.75 Å². The molecule has 1 heterocycles. The zero-order valence-electron chi connectivity index (χ0n) is 10.3. The summed E-state index contributed by atoms with van der Waals surface area (Å²) in [6.45, 7) is -0.0740. The van der Waals surface area contributed by atoms with Crippen LogP contribution in [0.25, 0.3) is 11.0 Å². The molecular formula is C13H12N2O5. The fourth-order valence-electron chi connectivity index (χ4n) is 1.61. The summed E-state index contributed by atoms with van der Waals surface area (Å²) in [6, 6.07) is 4.72. The first-order valence-electron chi connectivity index (χ1n) is 5.77. The molecule has 104 valence electrons. The molecule has 2 aromatic rings. The second-order valence-corrected chi connectivity index (χ2v) is 4.18. The maximum Gasteiger partial charge on any atom is 0.349 e. The number of phenolic OH excluding ortho intramolecular Hbond substituents is 1. The Morgan fingerprint density at radius 2 is 2.20 bits per heavy atom. The van der Waals surface area contributed by atoms with E-state index in [0.717, 1.165) is 0 Å². The summed E-state index contributed by atoms with van der Waals surface area (Å²) >= 11 is 0. The van der Waals surface area contributed by atoms with Crippen molar-refractivity contribution in [1.29, 1.82) is 0 Å². The van der Waals surface area contributed by atoms with E-state index < -0.39 is 17.6 Å². The number of amides is 1. The van der Waals surface area contributed by atoms with Crippen LogP contribution in [0, 0.1) is 0 Å². The molecule has 20 heavy (non-hydrogen) atoms. The monoisotopic (exact) mass is 276 g/mol. The van der Waals surface area contributed by atoms with Crippen LogP contribution < -0.4 is 16.7 Å². The Bertz CT molecular complexity index is 722. The Kier molecular flexibility index (Phi) is 3.81. The summed E-state index contributed by atoms with van der Waals surface area (Å²) < 4.78 is 4.95. The predicted molar refractivity (Wildman–Crippen MR) is 70.5 cm³/mol. The van der Waals surface area contributed by atoms with E-state index in [2.05, 4.69) is 5.32 Å².